The number of para-hydroxylation sites is 1. The number of fused-ring (bicyclic) bond motifs is 2. The third-order valence-electron chi connectivity index (χ3n) is 6.54. The van der Waals surface area contributed by atoms with E-state index in [1.165, 1.54) is 18.5 Å². The van der Waals surface area contributed by atoms with Gasteiger partial charge in [-0.2, -0.15) is 0 Å². The Kier molecular flexibility index (Phi) is 5.25. The number of hydrogen-bond acceptors (Lipinski definition) is 6. The summed E-state index contributed by atoms with van der Waals surface area (Å²) in [5, 5.41) is 3.23. The molecule has 0 unspecified atom stereocenters. The molecule has 0 bridgehead atoms. The van der Waals surface area contributed by atoms with Crippen molar-refractivity contribution in [1.82, 2.24) is 24.4 Å². The highest BCUT2D eigenvalue weighted by molar-refractivity contribution is 5.95. The van der Waals surface area contributed by atoms with Crippen LogP contribution in [0.3, 0.4) is 0 Å². The molecule has 0 fully saturated rings. The van der Waals surface area contributed by atoms with E-state index in [0.717, 1.165) is 33.6 Å². The summed E-state index contributed by atoms with van der Waals surface area (Å²) < 4.78 is 21.1. The van der Waals surface area contributed by atoms with Gasteiger partial charge in [-0.3, -0.25) is 4.79 Å². The molecule has 1 aliphatic rings. The van der Waals surface area contributed by atoms with E-state index in [1.54, 1.807) is 17.2 Å². The topological polar surface area (TPSA) is 89.1 Å². The van der Waals surface area contributed by atoms with Crippen molar-refractivity contribution >= 4 is 28.6 Å². The average molecular weight is 483 g/mol. The van der Waals surface area contributed by atoms with Gasteiger partial charge in [0.2, 0.25) is 5.95 Å². The highest BCUT2D eigenvalue weighted by Crippen LogP contribution is 2.29. The van der Waals surface area contributed by atoms with Gasteiger partial charge in [-0.05, 0) is 60.9 Å². The lowest BCUT2D eigenvalue weighted by molar-refractivity contribution is 0.0690. The molecular weight excluding hydrogens is 459 g/mol. The van der Waals surface area contributed by atoms with Gasteiger partial charge in [-0.1, -0.05) is 12.1 Å². The normalized spacial score (nSPS) is 13.3. The van der Waals surface area contributed by atoms with Crippen molar-refractivity contribution in [2.75, 3.05) is 11.9 Å². The fourth-order valence-corrected chi connectivity index (χ4v) is 4.57. The van der Waals surface area contributed by atoms with Crippen LogP contribution in [0.1, 0.15) is 27.2 Å². The molecule has 0 saturated carbocycles. The molecule has 0 spiro atoms. The van der Waals surface area contributed by atoms with Crippen LogP contribution in [-0.4, -0.2) is 36.9 Å². The Morgan fingerprint density at radius 2 is 1.97 bits per heavy atom. The smallest absolute Gasteiger partial charge is 0.270 e. The van der Waals surface area contributed by atoms with Gasteiger partial charge in [0.25, 0.3) is 5.91 Å². The Balaban J connectivity index is 1.28. The molecule has 0 atom stereocenters. The molecule has 9 heteroatoms. The SMILES string of the molecule is Cc1ccc(F)cc1CN1CCn2cc(-c3nc(Nc4cccc5ocnc45)ncc3C)cc2C1=O. The number of aryl methyl sites for hydroxylation is 2. The van der Waals surface area contributed by atoms with Crippen LogP contribution in [0, 0.1) is 19.7 Å². The second-order valence-corrected chi connectivity index (χ2v) is 8.96. The molecule has 4 heterocycles. The lowest BCUT2D eigenvalue weighted by atomic mass is 10.1. The minimum absolute atomic E-state index is 0.0843. The first-order chi connectivity index (χ1) is 17.5. The Labute approximate surface area is 206 Å². The van der Waals surface area contributed by atoms with Gasteiger partial charge in [0, 0.05) is 37.6 Å². The summed E-state index contributed by atoms with van der Waals surface area (Å²) in [5.74, 6) is 0.0397. The molecule has 180 valence electrons. The molecule has 0 saturated heterocycles. The molecule has 36 heavy (non-hydrogen) atoms. The van der Waals surface area contributed by atoms with Crippen LogP contribution in [-0.2, 0) is 13.1 Å². The third-order valence-corrected chi connectivity index (χ3v) is 6.54. The summed E-state index contributed by atoms with van der Waals surface area (Å²) in [6.45, 7) is 5.44. The number of nitrogens with zero attached hydrogens (tertiary/aromatic N) is 5. The van der Waals surface area contributed by atoms with E-state index in [9.17, 15) is 9.18 Å². The van der Waals surface area contributed by atoms with E-state index < -0.39 is 0 Å². The zero-order valence-electron chi connectivity index (χ0n) is 19.8. The molecule has 1 aliphatic heterocycles. The molecule has 3 aromatic heterocycles. The van der Waals surface area contributed by atoms with Crippen LogP contribution in [0.2, 0.25) is 0 Å². The van der Waals surface area contributed by atoms with Crippen LogP contribution in [0.4, 0.5) is 16.0 Å². The first-order valence-corrected chi connectivity index (χ1v) is 11.6. The van der Waals surface area contributed by atoms with Crippen molar-refractivity contribution < 1.29 is 13.6 Å². The predicted molar refractivity (Wildman–Crippen MR) is 133 cm³/mol. The minimum Gasteiger partial charge on any atom is -0.443 e. The van der Waals surface area contributed by atoms with Gasteiger partial charge in [0.1, 0.15) is 17.0 Å². The quantitative estimate of drug-likeness (QED) is 0.368. The van der Waals surface area contributed by atoms with E-state index in [-0.39, 0.29) is 11.7 Å². The van der Waals surface area contributed by atoms with Gasteiger partial charge >= 0.3 is 0 Å². The average Bonchev–Trinajstić information content (AvgIpc) is 3.52. The van der Waals surface area contributed by atoms with Crippen molar-refractivity contribution in [2.45, 2.75) is 26.9 Å². The van der Waals surface area contributed by atoms with Gasteiger partial charge < -0.3 is 19.2 Å². The molecule has 8 nitrogen and oxygen atoms in total. The molecule has 0 aliphatic carbocycles. The number of oxazole rings is 1. The fourth-order valence-electron chi connectivity index (χ4n) is 4.57. The van der Waals surface area contributed by atoms with Crippen molar-refractivity contribution in [3.8, 4) is 11.3 Å². The summed E-state index contributed by atoms with van der Waals surface area (Å²) in [6.07, 6.45) is 5.11. The molecule has 2 aromatic carbocycles. The Bertz CT molecular complexity index is 1620. The highest BCUT2D eigenvalue weighted by Gasteiger charge is 2.27. The van der Waals surface area contributed by atoms with Crippen molar-refractivity contribution in [1.29, 1.82) is 0 Å². The highest BCUT2D eigenvalue weighted by atomic mass is 19.1. The summed E-state index contributed by atoms with van der Waals surface area (Å²) in [5.41, 5.74) is 6.94. The minimum atomic E-state index is -0.297. The van der Waals surface area contributed by atoms with Crippen molar-refractivity contribution in [3.05, 3.63) is 89.5 Å². The van der Waals surface area contributed by atoms with Gasteiger partial charge in [-0.25, -0.2) is 19.3 Å². The number of aromatic nitrogens is 4. The first-order valence-electron chi connectivity index (χ1n) is 11.6. The summed E-state index contributed by atoms with van der Waals surface area (Å²) in [7, 11) is 0. The lowest BCUT2D eigenvalue weighted by Gasteiger charge is -2.28. The molecule has 1 N–H and O–H groups in total. The van der Waals surface area contributed by atoms with Crippen molar-refractivity contribution in [3.63, 3.8) is 0 Å². The van der Waals surface area contributed by atoms with Crippen LogP contribution >= 0.6 is 0 Å². The van der Waals surface area contributed by atoms with Crippen LogP contribution in [0.5, 0.6) is 0 Å². The number of carbonyl (C=O) groups excluding carboxylic acids is 1. The number of amides is 1. The van der Waals surface area contributed by atoms with Gasteiger partial charge in [0.05, 0.1) is 11.4 Å². The number of halogens is 1. The monoisotopic (exact) mass is 482 g/mol. The molecule has 0 radical (unpaired) electrons. The summed E-state index contributed by atoms with van der Waals surface area (Å²) in [4.78, 5) is 28.5. The largest absolute Gasteiger partial charge is 0.443 e. The Morgan fingerprint density at radius 1 is 1.08 bits per heavy atom. The van der Waals surface area contributed by atoms with Crippen LogP contribution < -0.4 is 5.32 Å². The number of anilines is 2. The van der Waals surface area contributed by atoms with E-state index in [2.05, 4.69) is 15.3 Å². The zero-order valence-corrected chi connectivity index (χ0v) is 19.8. The standard InChI is InChI=1S/C27H23FN6O2/c1-16-6-7-20(28)10-18(16)13-34-9-8-33-14-19(11-22(33)26(34)35)24-17(2)12-29-27(32-24)31-21-4-3-5-23-25(21)30-15-36-23/h3-7,10-12,14-15H,8-9,13H2,1-2H3,(H,29,31,32). The Morgan fingerprint density at radius 3 is 2.86 bits per heavy atom. The van der Waals surface area contributed by atoms with Crippen LogP contribution in [0.15, 0.2) is 65.7 Å². The van der Waals surface area contributed by atoms with Gasteiger partial charge in [0.15, 0.2) is 12.0 Å². The molecular formula is C27H23FN6O2. The molecule has 6 rings (SSSR count). The fraction of sp³-hybridized carbons (Fsp3) is 0.185. The second kappa shape index (κ2) is 8.60. The number of benzene rings is 2. The van der Waals surface area contributed by atoms with E-state index in [1.807, 2.05) is 48.9 Å². The number of nitrogens with one attached hydrogen (secondary N) is 1. The maximum absolute atomic E-state index is 13.8. The number of carbonyl (C=O) groups is 1. The van der Waals surface area contributed by atoms with Crippen LogP contribution in [0.25, 0.3) is 22.4 Å². The zero-order chi connectivity index (χ0) is 24.8. The maximum Gasteiger partial charge on any atom is 0.270 e. The first kappa shape index (κ1) is 22.0. The van der Waals surface area contributed by atoms with E-state index in [0.29, 0.717) is 42.4 Å². The predicted octanol–water partition coefficient (Wildman–Crippen LogP) is 5.24. The molecule has 1 amide bonds. The number of rotatable bonds is 5. The third kappa shape index (κ3) is 3.88. The summed E-state index contributed by atoms with van der Waals surface area (Å²) >= 11 is 0. The molecule has 5 aromatic rings. The van der Waals surface area contributed by atoms with Crippen molar-refractivity contribution in [2.24, 2.45) is 0 Å². The summed E-state index contributed by atoms with van der Waals surface area (Å²) in [6, 6.07) is 12.1. The number of hydrogen-bond donors (Lipinski definition) is 1. The second-order valence-electron chi connectivity index (χ2n) is 8.96. The maximum atomic E-state index is 13.8. The van der Waals surface area contributed by atoms with E-state index >= 15 is 0 Å². The lowest BCUT2D eigenvalue weighted by Crippen LogP contribution is -2.39. The van der Waals surface area contributed by atoms with Gasteiger partial charge in [-0.15, -0.1) is 0 Å². The van der Waals surface area contributed by atoms with E-state index in [4.69, 9.17) is 9.40 Å². The Hall–Kier alpha value is -4.53.